The summed E-state index contributed by atoms with van der Waals surface area (Å²) in [5, 5.41) is 4.52. The van der Waals surface area contributed by atoms with Crippen molar-refractivity contribution in [3.05, 3.63) is 46.7 Å². The number of fused-ring (bicyclic) bond motifs is 1. The van der Waals surface area contributed by atoms with Crippen molar-refractivity contribution in [1.29, 1.82) is 0 Å². The number of hydrogen-bond donors (Lipinski definition) is 1. The third kappa shape index (κ3) is 2.89. The Kier molecular flexibility index (Phi) is 4.49. The van der Waals surface area contributed by atoms with Crippen LogP contribution < -0.4 is 5.32 Å². The number of thioether (sulfide) groups is 1. The minimum atomic E-state index is -0.851. The number of esters is 1. The summed E-state index contributed by atoms with van der Waals surface area (Å²) in [6, 6.07) is 11.5. The fourth-order valence-corrected chi connectivity index (χ4v) is 4.66. The first-order chi connectivity index (χ1) is 10.7. The number of para-hydroxylation sites is 1. The Morgan fingerprint density at radius 1 is 1.27 bits per heavy atom. The molecule has 1 aliphatic heterocycles. The maximum atomic E-state index is 12.6. The number of carbonyl (C=O) groups excluding carboxylic acids is 2. The highest BCUT2D eigenvalue weighted by Crippen LogP contribution is 2.47. The average molecular weight is 333 g/mol. The molecule has 2 atom stereocenters. The molecule has 1 amide bonds. The maximum Gasteiger partial charge on any atom is 0.320 e. The normalized spacial score (nSPS) is 20.7. The van der Waals surface area contributed by atoms with Gasteiger partial charge in [-0.15, -0.1) is 23.1 Å². The lowest BCUT2D eigenvalue weighted by atomic mass is 10.0. The predicted molar refractivity (Wildman–Crippen MR) is 88.1 cm³/mol. The van der Waals surface area contributed by atoms with Crippen LogP contribution in [0.1, 0.15) is 17.1 Å². The van der Waals surface area contributed by atoms with E-state index in [0.29, 0.717) is 0 Å². The molecule has 2 aromatic rings. The highest BCUT2D eigenvalue weighted by atomic mass is 32.2. The van der Waals surface area contributed by atoms with Crippen LogP contribution in [-0.2, 0) is 14.3 Å². The van der Waals surface area contributed by atoms with Gasteiger partial charge in [0.15, 0.2) is 5.92 Å². The summed E-state index contributed by atoms with van der Waals surface area (Å²) in [4.78, 5) is 26.9. The maximum absolute atomic E-state index is 12.6. The zero-order chi connectivity index (χ0) is 15.5. The van der Waals surface area contributed by atoms with Gasteiger partial charge in [0.1, 0.15) is 0 Å². The van der Waals surface area contributed by atoms with Crippen molar-refractivity contribution in [3.63, 3.8) is 0 Å². The van der Waals surface area contributed by atoms with Crippen molar-refractivity contribution in [1.82, 2.24) is 0 Å². The molecule has 1 aromatic heterocycles. The Labute approximate surface area is 136 Å². The summed E-state index contributed by atoms with van der Waals surface area (Å²) in [6.45, 7) is 2.01. The zero-order valence-electron chi connectivity index (χ0n) is 11.9. The number of amides is 1. The first-order valence-corrected chi connectivity index (χ1v) is 8.73. The highest BCUT2D eigenvalue weighted by molar-refractivity contribution is 8.00. The second-order valence-corrected chi connectivity index (χ2v) is 6.93. The van der Waals surface area contributed by atoms with Crippen LogP contribution in [0.4, 0.5) is 5.69 Å². The van der Waals surface area contributed by atoms with Gasteiger partial charge in [0.25, 0.3) is 0 Å². The van der Waals surface area contributed by atoms with Gasteiger partial charge < -0.3 is 10.1 Å². The topological polar surface area (TPSA) is 55.4 Å². The molecular weight excluding hydrogens is 318 g/mol. The summed E-state index contributed by atoms with van der Waals surface area (Å²) in [5.41, 5.74) is 0.742. The zero-order valence-corrected chi connectivity index (χ0v) is 13.6. The van der Waals surface area contributed by atoms with Crippen molar-refractivity contribution >= 4 is 40.7 Å². The van der Waals surface area contributed by atoms with Crippen LogP contribution >= 0.6 is 23.1 Å². The molecule has 0 spiro atoms. The molecule has 1 aromatic carbocycles. The molecule has 1 aliphatic rings. The largest absolute Gasteiger partial charge is 0.465 e. The van der Waals surface area contributed by atoms with Gasteiger partial charge in [-0.25, -0.2) is 0 Å². The van der Waals surface area contributed by atoms with E-state index in [-0.39, 0.29) is 17.8 Å². The molecule has 22 heavy (non-hydrogen) atoms. The molecule has 0 unspecified atom stereocenters. The van der Waals surface area contributed by atoms with Crippen LogP contribution in [0.2, 0.25) is 0 Å². The van der Waals surface area contributed by atoms with Crippen molar-refractivity contribution < 1.29 is 14.3 Å². The first kappa shape index (κ1) is 15.1. The van der Waals surface area contributed by atoms with Gasteiger partial charge in [0, 0.05) is 9.77 Å². The fraction of sp³-hybridized carbons (Fsp3) is 0.250. The SMILES string of the molecule is CCOC(=O)[C@@H]1C(=O)Nc2ccccc2S[C@H]1c1cccs1. The average Bonchev–Trinajstić information content (AvgIpc) is 2.98. The van der Waals surface area contributed by atoms with Gasteiger partial charge in [0.2, 0.25) is 5.91 Å². The van der Waals surface area contributed by atoms with E-state index in [1.54, 1.807) is 18.3 Å². The van der Waals surface area contributed by atoms with Gasteiger partial charge in [-0.1, -0.05) is 18.2 Å². The van der Waals surface area contributed by atoms with E-state index < -0.39 is 11.9 Å². The molecule has 0 radical (unpaired) electrons. The Bertz CT molecular complexity index is 684. The molecule has 1 N–H and O–H groups in total. The standard InChI is InChI=1S/C16H15NO3S2/c1-2-20-16(19)13-14(12-8-5-9-21-12)22-11-7-4-3-6-10(11)17-15(13)18/h3-9,13-14H,2H2,1H3,(H,17,18)/t13-,14-/m0/s1. The lowest BCUT2D eigenvalue weighted by molar-refractivity contribution is -0.150. The second kappa shape index (κ2) is 6.54. The summed E-state index contributed by atoms with van der Waals surface area (Å²) in [6.07, 6.45) is 0. The minimum Gasteiger partial charge on any atom is -0.465 e. The summed E-state index contributed by atoms with van der Waals surface area (Å²) in [7, 11) is 0. The van der Waals surface area contributed by atoms with E-state index >= 15 is 0 Å². The molecule has 114 valence electrons. The summed E-state index contributed by atoms with van der Waals surface area (Å²) >= 11 is 3.07. The van der Waals surface area contributed by atoms with Crippen LogP contribution in [0, 0.1) is 5.92 Å². The lowest BCUT2D eigenvalue weighted by Crippen LogP contribution is -2.33. The molecule has 4 nitrogen and oxygen atoms in total. The summed E-state index contributed by atoms with van der Waals surface area (Å²) in [5.74, 6) is -1.64. The first-order valence-electron chi connectivity index (χ1n) is 6.97. The Morgan fingerprint density at radius 3 is 2.82 bits per heavy atom. The molecule has 6 heteroatoms. The number of hydrogen-bond acceptors (Lipinski definition) is 5. The van der Waals surface area contributed by atoms with Gasteiger partial charge in [-0.05, 0) is 30.5 Å². The lowest BCUT2D eigenvalue weighted by Gasteiger charge is -2.20. The van der Waals surface area contributed by atoms with Gasteiger partial charge in [0.05, 0.1) is 17.5 Å². The number of ether oxygens (including phenoxy) is 1. The quantitative estimate of drug-likeness (QED) is 0.687. The van der Waals surface area contributed by atoms with Crippen LogP contribution in [-0.4, -0.2) is 18.5 Å². The van der Waals surface area contributed by atoms with Crippen LogP contribution in [0.15, 0.2) is 46.7 Å². The summed E-state index contributed by atoms with van der Waals surface area (Å²) < 4.78 is 5.13. The number of benzene rings is 1. The number of nitrogens with one attached hydrogen (secondary N) is 1. The monoisotopic (exact) mass is 333 g/mol. The van der Waals surface area contributed by atoms with E-state index in [0.717, 1.165) is 15.5 Å². The number of rotatable bonds is 3. The van der Waals surface area contributed by atoms with Crippen molar-refractivity contribution in [2.45, 2.75) is 17.1 Å². The Hall–Kier alpha value is -1.79. The van der Waals surface area contributed by atoms with E-state index in [1.165, 1.54) is 11.8 Å². The molecule has 3 rings (SSSR count). The fourth-order valence-electron chi connectivity index (χ4n) is 2.36. The van der Waals surface area contributed by atoms with Gasteiger partial charge in [-0.2, -0.15) is 0 Å². The number of carbonyl (C=O) groups is 2. The van der Waals surface area contributed by atoms with E-state index in [2.05, 4.69) is 5.32 Å². The van der Waals surface area contributed by atoms with Crippen LogP contribution in [0.5, 0.6) is 0 Å². The minimum absolute atomic E-state index is 0.261. The predicted octanol–water partition coefficient (Wildman–Crippen LogP) is 3.71. The molecule has 0 bridgehead atoms. The third-order valence-electron chi connectivity index (χ3n) is 3.35. The Balaban J connectivity index is 2.03. The van der Waals surface area contributed by atoms with E-state index in [9.17, 15) is 9.59 Å². The molecular formula is C16H15NO3S2. The van der Waals surface area contributed by atoms with Gasteiger partial charge in [-0.3, -0.25) is 9.59 Å². The molecule has 0 saturated heterocycles. The van der Waals surface area contributed by atoms with Gasteiger partial charge >= 0.3 is 5.97 Å². The molecule has 0 fully saturated rings. The van der Waals surface area contributed by atoms with Crippen molar-refractivity contribution in [2.75, 3.05) is 11.9 Å². The highest BCUT2D eigenvalue weighted by Gasteiger charge is 2.40. The van der Waals surface area contributed by atoms with Crippen LogP contribution in [0.25, 0.3) is 0 Å². The molecule has 0 aliphatic carbocycles. The van der Waals surface area contributed by atoms with E-state index in [4.69, 9.17) is 4.74 Å². The molecule has 0 saturated carbocycles. The van der Waals surface area contributed by atoms with E-state index in [1.807, 2.05) is 41.8 Å². The van der Waals surface area contributed by atoms with Crippen LogP contribution in [0.3, 0.4) is 0 Å². The van der Waals surface area contributed by atoms with Crippen molar-refractivity contribution in [3.8, 4) is 0 Å². The van der Waals surface area contributed by atoms with Crippen molar-refractivity contribution in [2.24, 2.45) is 5.92 Å². The second-order valence-electron chi connectivity index (χ2n) is 4.77. The molecule has 2 heterocycles. The smallest absolute Gasteiger partial charge is 0.320 e. The number of anilines is 1. The number of thiophene rings is 1. The third-order valence-corrected chi connectivity index (χ3v) is 5.84. The Morgan fingerprint density at radius 2 is 2.09 bits per heavy atom.